The van der Waals surface area contributed by atoms with E-state index in [1.54, 1.807) is 0 Å². The Morgan fingerprint density at radius 1 is 1.00 bits per heavy atom. The minimum atomic E-state index is -0.327. The summed E-state index contributed by atoms with van der Waals surface area (Å²) in [7, 11) is 0. The van der Waals surface area contributed by atoms with Crippen LogP contribution < -0.4 is 0 Å². The lowest BCUT2D eigenvalue weighted by Crippen LogP contribution is -2.41. The highest BCUT2D eigenvalue weighted by Crippen LogP contribution is 2.45. The third kappa shape index (κ3) is 3.29. The molecule has 2 aliphatic rings. The molecule has 0 radical (unpaired) electrons. The van der Waals surface area contributed by atoms with E-state index in [4.69, 9.17) is 0 Å². The summed E-state index contributed by atoms with van der Waals surface area (Å²) in [6, 6.07) is 0. The molecule has 0 amide bonds. The predicted molar refractivity (Wildman–Crippen MR) is 77.5 cm³/mol. The van der Waals surface area contributed by atoms with Crippen LogP contribution in [0.3, 0.4) is 0 Å². The fourth-order valence-corrected chi connectivity index (χ4v) is 4.62. The second-order valence-corrected chi connectivity index (χ2v) is 7.42. The lowest BCUT2D eigenvalue weighted by Gasteiger charge is -2.42. The van der Waals surface area contributed by atoms with Crippen molar-refractivity contribution in [1.29, 1.82) is 0 Å². The van der Waals surface area contributed by atoms with E-state index >= 15 is 0 Å². The molecule has 0 saturated heterocycles. The van der Waals surface area contributed by atoms with Crippen molar-refractivity contribution < 1.29 is 5.11 Å². The Kier molecular flexibility index (Phi) is 4.75. The highest BCUT2D eigenvalue weighted by molar-refractivity contribution is 4.92. The fraction of sp³-hybridized carbons (Fsp3) is 1.00. The van der Waals surface area contributed by atoms with Crippen LogP contribution in [0, 0.1) is 23.7 Å². The van der Waals surface area contributed by atoms with Gasteiger partial charge in [0, 0.05) is 0 Å². The van der Waals surface area contributed by atoms with Crippen molar-refractivity contribution in [3.63, 3.8) is 0 Å². The van der Waals surface area contributed by atoms with Crippen LogP contribution in [0.1, 0.15) is 78.6 Å². The fourth-order valence-electron chi connectivity index (χ4n) is 4.62. The lowest BCUT2D eigenvalue weighted by molar-refractivity contribution is -0.0602. The molecule has 2 fully saturated rings. The van der Waals surface area contributed by atoms with Crippen molar-refractivity contribution >= 4 is 0 Å². The van der Waals surface area contributed by atoms with E-state index in [0.29, 0.717) is 5.92 Å². The molecule has 2 saturated carbocycles. The molecule has 18 heavy (non-hydrogen) atoms. The van der Waals surface area contributed by atoms with Gasteiger partial charge in [-0.1, -0.05) is 40.0 Å². The van der Waals surface area contributed by atoms with Crippen LogP contribution in [0.4, 0.5) is 0 Å². The third-order valence-corrected chi connectivity index (χ3v) is 5.72. The number of hydrogen-bond acceptors (Lipinski definition) is 1. The Balaban J connectivity index is 2.01. The van der Waals surface area contributed by atoms with E-state index in [0.717, 1.165) is 30.6 Å². The molecule has 1 nitrogen and oxygen atoms in total. The van der Waals surface area contributed by atoms with Gasteiger partial charge < -0.3 is 5.11 Å². The molecule has 0 heterocycles. The molecule has 4 unspecified atom stereocenters. The van der Waals surface area contributed by atoms with Gasteiger partial charge in [-0.2, -0.15) is 0 Å². The molecule has 0 bridgehead atoms. The Morgan fingerprint density at radius 2 is 1.67 bits per heavy atom. The Hall–Kier alpha value is -0.0400. The van der Waals surface area contributed by atoms with Gasteiger partial charge in [0.25, 0.3) is 0 Å². The molecular weight excluding hydrogens is 220 g/mol. The Bertz CT molecular complexity index is 252. The van der Waals surface area contributed by atoms with E-state index in [9.17, 15) is 5.11 Å². The van der Waals surface area contributed by atoms with Crippen LogP contribution in [-0.2, 0) is 0 Å². The summed E-state index contributed by atoms with van der Waals surface area (Å²) in [6.07, 6.45) is 11.2. The molecule has 0 spiro atoms. The van der Waals surface area contributed by atoms with Crippen LogP contribution >= 0.6 is 0 Å². The zero-order chi connectivity index (χ0) is 13.2. The van der Waals surface area contributed by atoms with Crippen LogP contribution in [-0.4, -0.2) is 10.7 Å². The summed E-state index contributed by atoms with van der Waals surface area (Å²) in [5, 5.41) is 11.1. The van der Waals surface area contributed by atoms with Gasteiger partial charge in [-0.25, -0.2) is 0 Å². The summed E-state index contributed by atoms with van der Waals surface area (Å²) in [4.78, 5) is 0. The zero-order valence-corrected chi connectivity index (χ0v) is 12.6. The predicted octanol–water partition coefficient (Wildman–Crippen LogP) is 4.78. The van der Waals surface area contributed by atoms with Gasteiger partial charge in [0.1, 0.15) is 0 Å². The normalized spacial score (nSPS) is 46.7. The quantitative estimate of drug-likeness (QED) is 0.701. The molecule has 2 rings (SSSR count). The minimum absolute atomic E-state index is 0.327. The van der Waals surface area contributed by atoms with Gasteiger partial charge in [-0.05, 0) is 62.2 Å². The molecular formula is C17H32O. The molecule has 0 aliphatic heterocycles. The standard InChI is InChI=1S/C17H32O/c1-4-15-6-5-8-17(18,9-7-15)16-11-13(2)10-14(3)12-16/h13-16,18H,4-12H2,1-3H3. The third-order valence-electron chi connectivity index (χ3n) is 5.72. The number of aliphatic hydroxyl groups is 1. The average molecular weight is 252 g/mol. The molecule has 106 valence electrons. The zero-order valence-electron chi connectivity index (χ0n) is 12.6. The van der Waals surface area contributed by atoms with Gasteiger partial charge in [0.2, 0.25) is 0 Å². The maximum Gasteiger partial charge on any atom is 0.0676 e. The first kappa shape index (κ1) is 14.4. The summed E-state index contributed by atoms with van der Waals surface area (Å²) in [5.74, 6) is 3.07. The molecule has 4 atom stereocenters. The molecule has 1 N–H and O–H groups in total. The van der Waals surface area contributed by atoms with Crippen molar-refractivity contribution in [2.45, 2.75) is 84.2 Å². The monoisotopic (exact) mass is 252 g/mol. The highest BCUT2D eigenvalue weighted by Gasteiger charge is 2.41. The molecule has 0 aromatic carbocycles. The van der Waals surface area contributed by atoms with Gasteiger partial charge >= 0.3 is 0 Å². The molecule has 2 aliphatic carbocycles. The lowest BCUT2D eigenvalue weighted by atomic mass is 9.67. The second kappa shape index (κ2) is 5.94. The van der Waals surface area contributed by atoms with Crippen LogP contribution in [0.5, 0.6) is 0 Å². The maximum absolute atomic E-state index is 11.1. The van der Waals surface area contributed by atoms with Gasteiger partial charge in [0.15, 0.2) is 0 Å². The van der Waals surface area contributed by atoms with Crippen molar-refractivity contribution in [3.8, 4) is 0 Å². The smallest absolute Gasteiger partial charge is 0.0676 e. The molecule has 0 aromatic heterocycles. The van der Waals surface area contributed by atoms with E-state index in [2.05, 4.69) is 20.8 Å². The van der Waals surface area contributed by atoms with E-state index in [1.165, 1.54) is 44.9 Å². The first-order chi connectivity index (χ1) is 8.53. The summed E-state index contributed by atoms with van der Waals surface area (Å²) in [6.45, 7) is 7.05. The Morgan fingerprint density at radius 3 is 2.28 bits per heavy atom. The topological polar surface area (TPSA) is 20.2 Å². The largest absolute Gasteiger partial charge is 0.390 e. The van der Waals surface area contributed by atoms with Crippen molar-refractivity contribution in [1.82, 2.24) is 0 Å². The van der Waals surface area contributed by atoms with Gasteiger partial charge in [0.05, 0.1) is 5.60 Å². The number of hydrogen-bond donors (Lipinski definition) is 1. The second-order valence-electron chi connectivity index (χ2n) is 7.42. The molecule has 1 heteroatoms. The average Bonchev–Trinajstić information content (AvgIpc) is 2.51. The van der Waals surface area contributed by atoms with Crippen molar-refractivity contribution in [2.75, 3.05) is 0 Å². The van der Waals surface area contributed by atoms with Crippen LogP contribution in [0.25, 0.3) is 0 Å². The summed E-state index contributed by atoms with van der Waals surface area (Å²) < 4.78 is 0. The molecule has 0 aromatic rings. The van der Waals surface area contributed by atoms with E-state index < -0.39 is 0 Å². The Labute approximate surface area is 113 Å². The van der Waals surface area contributed by atoms with Crippen LogP contribution in [0.15, 0.2) is 0 Å². The van der Waals surface area contributed by atoms with Crippen molar-refractivity contribution in [3.05, 3.63) is 0 Å². The van der Waals surface area contributed by atoms with E-state index in [-0.39, 0.29) is 5.60 Å². The summed E-state index contributed by atoms with van der Waals surface area (Å²) >= 11 is 0. The maximum atomic E-state index is 11.1. The summed E-state index contributed by atoms with van der Waals surface area (Å²) in [5.41, 5.74) is -0.327. The minimum Gasteiger partial charge on any atom is -0.390 e. The van der Waals surface area contributed by atoms with Crippen molar-refractivity contribution in [2.24, 2.45) is 23.7 Å². The highest BCUT2D eigenvalue weighted by atomic mass is 16.3. The van der Waals surface area contributed by atoms with Gasteiger partial charge in [-0.3, -0.25) is 0 Å². The van der Waals surface area contributed by atoms with E-state index in [1.807, 2.05) is 0 Å². The number of rotatable bonds is 2. The first-order valence-corrected chi connectivity index (χ1v) is 8.26. The van der Waals surface area contributed by atoms with Crippen LogP contribution in [0.2, 0.25) is 0 Å². The first-order valence-electron chi connectivity index (χ1n) is 8.26. The SMILES string of the molecule is CCC1CCCC(O)(C2CC(C)CC(C)C2)CC1. The van der Waals surface area contributed by atoms with Gasteiger partial charge in [-0.15, -0.1) is 0 Å².